The first-order valence-corrected chi connectivity index (χ1v) is 12.4. The highest BCUT2D eigenvalue weighted by Crippen LogP contribution is 2.26. The third-order valence-electron chi connectivity index (χ3n) is 4.29. The summed E-state index contributed by atoms with van der Waals surface area (Å²) >= 11 is 6.58. The van der Waals surface area contributed by atoms with E-state index in [0.29, 0.717) is 12.2 Å². The van der Waals surface area contributed by atoms with E-state index in [1.807, 2.05) is 37.3 Å². The van der Waals surface area contributed by atoms with Crippen molar-refractivity contribution in [2.24, 2.45) is 0 Å². The number of thiocarbonyl (C=S) groups is 1. The van der Waals surface area contributed by atoms with Crippen molar-refractivity contribution in [3.8, 4) is 5.75 Å². The van der Waals surface area contributed by atoms with Crippen LogP contribution in [-0.2, 0) is 21.2 Å². The predicted molar refractivity (Wildman–Crippen MR) is 124 cm³/mol. The van der Waals surface area contributed by atoms with Crippen LogP contribution < -0.4 is 20.1 Å². The van der Waals surface area contributed by atoms with Gasteiger partial charge < -0.3 is 20.3 Å². The third-order valence-corrected chi connectivity index (χ3v) is 6.84. The summed E-state index contributed by atoms with van der Waals surface area (Å²) in [5.74, 6) is 0.762. The topological polar surface area (TPSA) is 99.8 Å². The molecule has 1 amide bonds. The molecule has 0 radical (unpaired) electrons. The van der Waals surface area contributed by atoms with Gasteiger partial charge in [-0.2, -0.15) is 0 Å². The summed E-state index contributed by atoms with van der Waals surface area (Å²) in [6, 6.07) is 4.71. The largest absolute Gasteiger partial charge is 0.492 e. The number of rotatable bonds is 9. The van der Waals surface area contributed by atoms with Gasteiger partial charge in [-0.25, -0.2) is 8.42 Å². The minimum absolute atomic E-state index is 0.0289. The second-order valence-corrected chi connectivity index (χ2v) is 10.1. The van der Waals surface area contributed by atoms with Crippen molar-refractivity contribution in [3.05, 3.63) is 35.4 Å². The van der Waals surface area contributed by atoms with Crippen molar-refractivity contribution in [2.45, 2.75) is 44.2 Å². The van der Waals surface area contributed by atoms with E-state index in [2.05, 4.69) is 15.4 Å². The number of benzene rings is 1. The molecule has 0 fully saturated rings. The molecule has 0 aromatic heterocycles. The summed E-state index contributed by atoms with van der Waals surface area (Å²) in [7, 11) is -2.45. The van der Waals surface area contributed by atoms with Gasteiger partial charge in [0.15, 0.2) is 5.11 Å². The van der Waals surface area contributed by atoms with E-state index < -0.39 is 15.7 Å². The number of nitrogens with one attached hydrogen (secondary N) is 3. The highest BCUT2D eigenvalue weighted by atomic mass is 32.2. The molecule has 3 N–H and O–H groups in total. The molecule has 166 valence electrons. The Bertz CT molecular complexity index is 916. The van der Waals surface area contributed by atoms with E-state index >= 15 is 0 Å². The predicted octanol–water partition coefficient (Wildman–Crippen LogP) is 2.13. The first kappa shape index (κ1) is 24.3. The molecule has 0 spiro atoms. The Labute approximate surface area is 187 Å². The van der Waals surface area contributed by atoms with Crippen molar-refractivity contribution in [1.82, 2.24) is 20.3 Å². The van der Waals surface area contributed by atoms with Gasteiger partial charge in [-0.3, -0.25) is 9.52 Å². The summed E-state index contributed by atoms with van der Waals surface area (Å²) in [6.07, 6.45) is 2.69. The quantitative estimate of drug-likeness (QED) is 0.470. The number of carbonyl (C=O) groups is 1. The third kappa shape index (κ3) is 6.51. The molecule has 1 aromatic carbocycles. The van der Waals surface area contributed by atoms with Crippen molar-refractivity contribution < 1.29 is 17.9 Å². The highest BCUT2D eigenvalue weighted by molar-refractivity contribution is 8.02. The Morgan fingerprint density at radius 1 is 1.37 bits per heavy atom. The van der Waals surface area contributed by atoms with Crippen LogP contribution in [0.1, 0.15) is 32.8 Å². The first-order valence-electron chi connectivity index (χ1n) is 9.45. The molecule has 30 heavy (non-hydrogen) atoms. The van der Waals surface area contributed by atoms with Crippen molar-refractivity contribution in [3.63, 3.8) is 0 Å². The Morgan fingerprint density at radius 3 is 2.70 bits per heavy atom. The van der Waals surface area contributed by atoms with E-state index in [-0.39, 0.29) is 28.1 Å². The zero-order valence-corrected chi connectivity index (χ0v) is 20.0. The van der Waals surface area contributed by atoms with Gasteiger partial charge in [0.05, 0.1) is 18.9 Å². The molecule has 0 bridgehead atoms. The Kier molecular flexibility index (Phi) is 8.39. The summed E-state index contributed by atoms with van der Waals surface area (Å²) < 4.78 is 33.5. The molecule has 0 aliphatic carbocycles. The number of nitrogens with zero attached hydrogens (tertiary/aromatic N) is 1. The zero-order chi connectivity index (χ0) is 22.4. The smallest absolute Gasteiger partial charge is 0.267 e. The number of hydrogen-bond donors (Lipinski definition) is 3. The second-order valence-electron chi connectivity index (χ2n) is 7.15. The summed E-state index contributed by atoms with van der Waals surface area (Å²) in [4.78, 5) is 14.6. The SMILES string of the molecule is CCCOc1ccc(CC(=O)NC(C)(C)N2C=CSC2)cc1S(=O)(=O)NC(=S)NC. The number of amides is 1. The van der Waals surface area contributed by atoms with Gasteiger partial charge in [-0.15, -0.1) is 11.8 Å². The van der Waals surface area contributed by atoms with Crippen LogP contribution in [-0.4, -0.2) is 49.5 Å². The molecule has 0 saturated carbocycles. The molecule has 0 unspecified atom stereocenters. The fraction of sp³-hybridized carbons (Fsp3) is 0.474. The van der Waals surface area contributed by atoms with Crippen LogP contribution in [0.5, 0.6) is 5.75 Å². The zero-order valence-electron chi connectivity index (χ0n) is 17.5. The van der Waals surface area contributed by atoms with Gasteiger partial charge >= 0.3 is 0 Å². The van der Waals surface area contributed by atoms with Gasteiger partial charge in [0.25, 0.3) is 10.0 Å². The lowest BCUT2D eigenvalue weighted by molar-refractivity contribution is -0.123. The lowest BCUT2D eigenvalue weighted by Gasteiger charge is -2.36. The monoisotopic (exact) mass is 472 g/mol. The fourth-order valence-corrected chi connectivity index (χ4v) is 5.08. The lowest BCUT2D eigenvalue weighted by atomic mass is 10.1. The van der Waals surface area contributed by atoms with Gasteiger partial charge in [-0.05, 0) is 55.6 Å². The Morgan fingerprint density at radius 2 is 2.10 bits per heavy atom. The molecule has 2 rings (SSSR count). The molecule has 1 heterocycles. The summed E-state index contributed by atoms with van der Waals surface area (Å²) in [6.45, 7) is 6.13. The number of hydrogen-bond acceptors (Lipinski definition) is 7. The first-order chi connectivity index (χ1) is 14.1. The molecule has 11 heteroatoms. The Balaban J connectivity index is 2.23. The van der Waals surface area contributed by atoms with Gasteiger partial charge in [-0.1, -0.05) is 13.0 Å². The molecular weight excluding hydrogens is 444 g/mol. The maximum absolute atomic E-state index is 12.8. The van der Waals surface area contributed by atoms with Crippen LogP contribution >= 0.6 is 24.0 Å². The van der Waals surface area contributed by atoms with Crippen LogP contribution in [0.25, 0.3) is 0 Å². The number of ether oxygens (including phenoxy) is 1. The van der Waals surface area contributed by atoms with Crippen LogP contribution in [0.3, 0.4) is 0 Å². The van der Waals surface area contributed by atoms with Crippen molar-refractivity contribution in [1.29, 1.82) is 0 Å². The second kappa shape index (κ2) is 10.4. The van der Waals surface area contributed by atoms with Gasteiger partial charge in [0, 0.05) is 13.2 Å². The van der Waals surface area contributed by atoms with Gasteiger partial charge in [0.1, 0.15) is 16.3 Å². The van der Waals surface area contributed by atoms with Crippen molar-refractivity contribution in [2.75, 3.05) is 19.5 Å². The molecule has 8 nitrogen and oxygen atoms in total. The summed E-state index contributed by atoms with van der Waals surface area (Å²) in [5.41, 5.74) is -0.00860. The normalized spacial score (nSPS) is 13.8. The minimum atomic E-state index is -3.97. The molecule has 1 aliphatic rings. The molecular formula is C19H28N4O4S3. The Hall–Kier alpha value is -1.98. The minimum Gasteiger partial charge on any atom is -0.492 e. The standard InChI is InChI=1S/C19H28N4O4S3/c1-5-9-27-15-7-6-14(11-16(15)30(25,26)22-18(28)20-4)12-17(24)21-19(2,3)23-8-10-29-13-23/h6-8,10-11H,5,9,12-13H2,1-4H3,(H,21,24)(H2,20,22,28). The van der Waals surface area contributed by atoms with E-state index in [4.69, 9.17) is 17.0 Å². The van der Waals surface area contributed by atoms with Crippen LogP contribution in [0, 0.1) is 0 Å². The molecule has 1 aromatic rings. The number of carbonyl (C=O) groups excluding carboxylic acids is 1. The maximum atomic E-state index is 12.8. The maximum Gasteiger partial charge on any atom is 0.267 e. The van der Waals surface area contributed by atoms with Crippen LogP contribution in [0.15, 0.2) is 34.7 Å². The van der Waals surface area contributed by atoms with E-state index in [9.17, 15) is 13.2 Å². The molecule has 0 saturated heterocycles. The van der Waals surface area contributed by atoms with Crippen LogP contribution in [0.4, 0.5) is 0 Å². The van der Waals surface area contributed by atoms with E-state index in [0.717, 1.165) is 12.3 Å². The lowest BCUT2D eigenvalue weighted by Crippen LogP contribution is -2.54. The summed E-state index contributed by atoms with van der Waals surface area (Å²) in [5, 5.41) is 7.51. The molecule has 0 atom stereocenters. The average Bonchev–Trinajstić information content (AvgIpc) is 3.22. The molecule has 1 aliphatic heterocycles. The van der Waals surface area contributed by atoms with Gasteiger partial charge in [0.2, 0.25) is 5.91 Å². The van der Waals surface area contributed by atoms with Crippen molar-refractivity contribution >= 4 is 45.0 Å². The average molecular weight is 473 g/mol. The number of thioether (sulfide) groups is 1. The number of sulfonamides is 1. The fourth-order valence-electron chi connectivity index (χ4n) is 2.70. The van der Waals surface area contributed by atoms with E-state index in [1.165, 1.54) is 13.1 Å². The highest BCUT2D eigenvalue weighted by Gasteiger charge is 2.28. The van der Waals surface area contributed by atoms with E-state index in [1.54, 1.807) is 23.9 Å². The van der Waals surface area contributed by atoms with Crippen LogP contribution in [0.2, 0.25) is 0 Å².